The third kappa shape index (κ3) is 3.10. The lowest BCUT2D eigenvalue weighted by atomic mass is 9.83. The van der Waals surface area contributed by atoms with Crippen molar-refractivity contribution >= 4 is 21.8 Å². The van der Waals surface area contributed by atoms with Gasteiger partial charge in [-0.3, -0.25) is 4.79 Å². The zero-order chi connectivity index (χ0) is 13.0. The molecule has 1 aliphatic rings. The Kier molecular flexibility index (Phi) is 4.38. The molecule has 18 heavy (non-hydrogen) atoms. The fourth-order valence-corrected chi connectivity index (χ4v) is 2.88. The third-order valence-electron chi connectivity index (χ3n) is 4.00. The molecular formula is C14H19BrN2O. The van der Waals surface area contributed by atoms with E-state index in [9.17, 15) is 4.79 Å². The molecule has 0 saturated heterocycles. The minimum Gasteiger partial charge on any atom is -0.350 e. The second-order valence-electron chi connectivity index (χ2n) is 5.10. The number of nitrogens with zero attached hydrogens (tertiary/aromatic N) is 1. The highest BCUT2D eigenvalue weighted by Crippen LogP contribution is 2.40. The van der Waals surface area contributed by atoms with Crippen molar-refractivity contribution in [3.05, 3.63) is 28.5 Å². The molecule has 1 heterocycles. The molecule has 4 heteroatoms. The molecule has 1 N–H and O–H groups in total. The maximum atomic E-state index is 12.0. The molecule has 0 aromatic carbocycles. The van der Waals surface area contributed by atoms with Crippen LogP contribution in [0.15, 0.2) is 22.8 Å². The fraction of sp³-hybridized carbons (Fsp3) is 0.571. The van der Waals surface area contributed by atoms with E-state index < -0.39 is 0 Å². The molecule has 0 radical (unpaired) electrons. The van der Waals surface area contributed by atoms with Crippen LogP contribution in [0, 0.1) is 5.41 Å². The Hall–Kier alpha value is -0.900. The van der Waals surface area contributed by atoms with Crippen LogP contribution in [-0.4, -0.2) is 17.4 Å². The van der Waals surface area contributed by atoms with Gasteiger partial charge in [-0.05, 0) is 52.7 Å². The molecule has 0 unspecified atom stereocenters. The molecule has 1 aromatic heterocycles. The van der Waals surface area contributed by atoms with Crippen molar-refractivity contribution in [3.8, 4) is 0 Å². The number of halogens is 1. The minimum atomic E-state index is -0.0674. The predicted octanol–water partition coefficient (Wildman–Crippen LogP) is 3.54. The van der Waals surface area contributed by atoms with Gasteiger partial charge in [-0.1, -0.05) is 19.8 Å². The van der Waals surface area contributed by atoms with Gasteiger partial charge in [-0.25, -0.2) is 4.98 Å². The molecule has 1 aromatic rings. The van der Waals surface area contributed by atoms with E-state index in [2.05, 4.69) is 33.2 Å². The number of hydrogen-bond acceptors (Lipinski definition) is 2. The molecule has 1 saturated carbocycles. The third-order valence-corrected chi connectivity index (χ3v) is 4.47. The van der Waals surface area contributed by atoms with E-state index >= 15 is 0 Å². The summed E-state index contributed by atoms with van der Waals surface area (Å²) in [6, 6.07) is 3.58. The fourth-order valence-electron chi connectivity index (χ4n) is 2.65. The van der Waals surface area contributed by atoms with Gasteiger partial charge >= 0.3 is 0 Å². The summed E-state index contributed by atoms with van der Waals surface area (Å²) in [5.74, 6) is -0.0674. The Balaban J connectivity index is 1.93. The quantitative estimate of drug-likeness (QED) is 0.924. The summed E-state index contributed by atoms with van der Waals surface area (Å²) in [6.45, 7) is 3.00. The lowest BCUT2D eigenvalue weighted by molar-refractivity contribution is 0.0923. The first-order valence-corrected chi connectivity index (χ1v) is 7.34. The van der Waals surface area contributed by atoms with Crippen molar-refractivity contribution in [2.75, 3.05) is 6.54 Å². The molecule has 1 fully saturated rings. The molecule has 1 amide bonds. The molecule has 98 valence electrons. The number of nitrogens with one attached hydrogen (secondary N) is 1. The van der Waals surface area contributed by atoms with Gasteiger partial charge in [0.2, 0.25) is 0 Å². The molecule has 0 atom stereocenters. The monoisotopic (exact) mass is 310 g/mol. The molecule has 1 aliphatic carbocycles. The Morgan fingerprint density at radius 2 is 2.17 bits per heavy atom. The Bertz CT molecular complexity index is 410. The van der Waals surface area contributed by atoms with E-state index in [1.54, 1.807) is 12.3 Å². The normalized spacial score (nSPS) is 17.7. The van der Waals surface area contributed by atoms with Crippen LogP contribution in [0.5, 0.6) is 0 Å². The highest BCUT2D eigenvalue weighted by atomic mass is 79.9. The average Bonchev–Trinajstić information content (AvgIpc) is 2.86. The van der Waals surface area contributed by atoms with Crippen LogP contribution in [0.4, 0.5) is 0 Å². The molecule has 0 spiro atoms. The SMILES string of the molecule is CCC1(CNC(=O)c2ccc(Br)cn2)CCCC1. The van der Waals surface area contributed by atoms with Crippen LogP contribution in [0.1, 0.15) is 49.5 Å². The summed E-state index contributed by atoms with van der Waals surface area (Å²) in [6.07, 6.45) is 7.84. The van der Waals surface area contributed by atoms with Gasteiger partial charge in [0.05, 0.1) is 0 Å². The van der Waals surface area contributed by atoms with Gasteiger partial charge in [0, 0.05) is 17.2 Å². The van der Waals surface area contributed by atoms with Crippen LogP contribution >= 0.6 is 15.9 Å². The first kappa shape index (κ1) is 13.5. The zero-order valence-corrected chi connectivity index (χ0v) is 12.3. The van der Waals surface area contributed by atoms with Crippen molar-refractivity contribution in [2.24, 2.45) is 5.41 Å². The van der Waals surface area contributed by atoms with E-state index in [0.717, 1.165) is 17.4 Å². The highest BCUT2D eigenvalue weighted by molar-refractivity contribution is 9.10. The number of aromatic nitrogens is 1. The number of rotatable bonds is 4. The van der Waals surface area contributed by atoms with Gasteiger partial charge in [0.25, 0.3) is 5.91 Å². The second-order valence-corrected chi connectivity index (χ2v) is 6.02. The summed E-state index contributed by atoms with van der Waals surface area (Å²) in [7, 11) is 0. The molecular weight excluding hydrogens is 292 g/mol. The number of carbonyl (C=O) groups excluding carboxylic acids is 1. The maximum Gasteiger partial charge on any atom is 0.269 e. The lowest BCUT2D eigenvalue weighted by Gasteiger charge is -2.27. The Morgan fingerprint density at radius 3 is 2.72 bits per heavy atom. The summed E-state index contributed by atoms with van der Waals surface area (Å²) in [5.41, 5.74) is 0.813. The predicted molar refractivity (Wildman–Crippen MR) is 75.5 cm³/mol. The number of hydrogen-bond donors (Lipinski definition) is 1. The summed E-state index contributed by atoms with van der Waals surface area (Å²) >= 11 is 3.31. The largest absolute Gasteiger partial charge is 0.350 e. The van der Waals surface area contributed by atoms with Gasteiger partial charge < -0.3 is 5.32 Å². The van der Waals surface area contributed by atoms with Gasteiger partial charge in [-0.15, -0.1) is 0 Å². The number of amides is 1. The Morgan fingerprint density at radius 1 is 1.44 bits per heavy atom. The molecule has 2 rings (SSSR count). The van der Waals surface area contributed by atoms with Crippen molar-refractivity contribution in [1.29, 1.82) is 0 Å². The second kappa shape index (κ2) is 5.83. The van der Waals surface area contributed by atoms with Crippen LogP contribution in [0.3, 0.4) is 0 Å². The van der Waals surface area contributed by atoms with Crippen LogP contribution in [0.2, 0.25) is 0 Å². The summed E-state index contributed by atoms with van der Waals surface area (Å²) in [5, 5.41) is 3.04. The van der Waals surface area contributed by atoms with Crippen molar-refractivity contribution < 1.29 is 4.79 Å². The van der Waals surface area contributed by atoms with Gasteiger partial charge in [0.1, 0.15) is 5.69 Å². The highest BCUT2D eigenvalue weighted by Gasteiger charge is 2.32. The van der Waals surface area contributed by atoms with Crippen molar-refractivity contribution in [3.63, 3.8) is 0 Å². The zero-order valence-electron chi connectivity index (χ0n) is 10.7. The van der Waals surface area contributed by atoms with E-state index in [4.69, 9.17) is 0 Å². The molecule has 0 aliphatic heterocycles. The van der Waals surface area contributed by atoms with Gasteiger partial charge in [0.15, 0.2) is 0 Å². The summed E-state index contributed by atoms with van der Waals surface area (Å²) in [4.78, 5) is 16.1. The first-order valence-electron chi connectivity index (χ1n) is 6.55. The Labute approximate surface area is 117 Å². The van der Waals surface area contributed by atoms with E-state index in [1.807, 2.05) is 6.07 Å². The standard InChI is InChI=1S/C14H19BrN2O/c1-2-14(7-3-4-8-14)10-17-13(18)12-6-5-11(15)9-16-12/h5-6,9H,2-4,7-8,10H2,1H3,(H,17,18). The van der Waals surface area contributed by atoms with E-state index in [-0.39, 0.29) is 5.91 Å². The minimum absolute atomic E-state index is 0.0674. The van der Waals surface area contributed by atoms with Crippen LogP contribution in [-0.2, 0) is 0 Å². The first-order chi connectivity index (χ1) is 8.65. The van der Waals surface area contributed by atoms with E-state index in [1.165, 1.54) is 25.7 Å². The lowest BCUT2D eigenvalue weighted by Crippen LogP contribution is -2.35. The van der Waals surface area contributed by atoms with Crippen molar-refractivity contribution in [2.45, 2.75) is 39.0 Å². The van der Waals surface area contributed by atoms with Gasteiger partial charge in [-0.2, -0.15) is 0 Å². The maximum absolute atomic E-state index is 12.0. The van der Waals surface area contributed by atoms with Crippen LogP contribution < -0.4 is 5.32 Å². The number of pyridine rings is 1. The topological polar surface area (TPSA) is 42.0 Å². The molecule has 0 bridgehead atoms. The van der Waals surface area contributed by atoms with E-state index in [0.29, 0.717) is 11.1 Å². The number of carbonyl (C=O) groups is 1. The van der Waals surface area contributed by atoms with Crippen LogP contribution in [0.25, 0.3) is 0 Å². The molecule has 3 nitrogen and oxygen atoms in total. The summed E-state index contributed by atoms with van der Waals surface area (Å²) < 4.78 is 0.889. The smallest absolute Gasteiger partial charge is 0.269 e. The van der Waals surface area contributed by atoms with Crippen molar-refractivity contribution in [1.82, 2.24) is 10.3 Å². The average molecular weight is 311 g/mol.